The fraction of sp³-hybridized carbons (Fsp3) is 0.579. The number of hydrogen-bond donors (Lipinski definition) is 0. The lowest BCUT2D eigenvalue weighted by atomic mass is 10.1. The quantitative estimate of drug-likeness (QED) is 0.777. The fourth-order valence-corrected chi connectivity index (χ4v) is 3.18. The van der Waals surface area contributed by atoms with Crippen LogP contribution >= 0.6 is 11.6 Å². The molecule has 25 heavy (non-hydrogen) atoms. The molecule has 0 aliphatic carbocycles. The zero-order chi connectivity index (χ0) is 18.4. The predicted octanol–water partition coefficient (Wildman–Crippen LogP) is 3.06. The van der Waals surface area contributed by atoms with Crippen LogP contribution in [0.3, 0.4) is 0 Å². The first-order valence-corrected chi connectivity index (χ1v) is 9.22. The SMILES string of the molecule is CCCCC(=O)N1CCN(C(=O)Cc2cc(Cl)c(C)cc2OC)CC1. The Kier molecular flexibility index (Phi) is 7.12. The second kappa shape index (κ2) is 9.09. The largest absolute Gasteiger partial charge is 0.496 e. The number of rotatable bonds is 6. The first-order chi connectivity index (χ1) is 12.0. The molecular formula is C19H27ClN2O3. The summed E-state index contributed by atoms with van der Waals surface area (Å²) in [5.41, 5.74) is 1.72. The Labute approximate surface area is 154 Å². The van der Waals surface area contributed by atoms with E-state index in [1.807, 2.05) is 22.8 Å². The molecule has 6 heteroatoms. The normalized spacial score (nSPS) is 14.6. The topological polar surface area (TPSA) is 49.9 Å². The van der Waals surface area contributed by atoms with E-state index in [2.05, 4.69) is 6.92 Å². The standard InChI is InChI=1S/C19H27ClN2O3/c1-4-5-6-18(23)21-7-9-22(10-8-21)19(24)13-15-12-16(20)14(2)11-17(15)25-3/h11-12H,4-10,13H2,1-3H3. The van der Waals surface area contributed by atoms with Crippen LogP contribution in [-0.2, 0) is 16.0 Å². The number of ether oxygens (including phenoxy) is 1. The Bertz CT molecular complexity index is 625. The third-order valence-electron chi connectivity index (χ3n) is 4.63. The molecule has 0 bridgehead atoms. The number of unbranched alkanes of at least 4 members (excludes halogenated alkanes) is 1. The summed E-state index contributed by atoms with van der Waals surface area (Å²) in [7, 11) is 1.59. The van der Waals surface area contributed by atoms with Gasteiger partial charge in [0.2, 0.25) is 11.8 Å². The molecule has 1 aliphatic rings. The number of methoxy groups -OCH3 is 1. The van der Waals surface area contributed by atoms with Gasteiger partial charge < -0.3 is 14.5 Å². The summed E-state index contributed by atoms with van der Waals surface area (Å²) in [4.78, 5) is 28.4. The van der Waals surface area contributed by atoms with E-state index in [0.29, 0.717) is 43.4 Å². The molecular weight excluding hydrogens is 340 g/mol. The number of halogens is 1. The number of carbonyl (C=O) groups is 2. The van der Waals surface area contributed by atoms with Crippen LogP contribution in [-0.4, -0.2) is 54.9 Å². The van der Waals surface area contributed by atoms with Crippen LogP contribution in [0.25, 0.3) is 0 Å². The average Bonchev–Trinajstić information content (AvgIpc) is 2.62. The second-order valence-electron chi connectivity index (χ2n) is 6.46. The summed E-state index contributed by atoms with van der Waals surface area (Å²) in [6.07, 6.45) is 2.80. The Morgan fingerprint density at radius 1 is 1.12 bits per heavy atom. The third kappa shape index (κ3) is 5.11. The van der Waals surface area contributed by atoms with Crippen molar-refractivity contribution in [3.05, 3.63) is 28.3 Å². The van der Waals surface area contributed by atoms with Gasteiger partial charge >= 0.3 is 0 Å². The molecule has 1 aromatic rings. The van der Waals surface area contributed by atoms with Gasteiger partial charge in [0.25, 0.3) is 0 Å². The maximum Gasteiger partial charge on any atom is 0.227 e. The van der Waals surface area contributed by atoms with Gasteiger partial charge in [-0.3, -0.25) is 9.59 Å². The van der Waals surface area contributed by atoms with Crippen molar-refractivity contribution in [3.63, 3.8) is 0 Å². The Morgan fingerprint density at radius 3 is 2.28 bits per heavy atom. The molecule has 138 valence electrons. The summed E-state index contributed by atoms with van der Waals surface area (Å²) in [5.74, 6) is 0.920. The highest BCUT2D eigenvalue weighted by molar-refractivity contribution is 6.31. The molecule has 1 aliphatic heterocycles. The lowest BCUT2D eigenvalue weighted by molar-refractivity contribution is -0.139. The molecule has 0 N–H and O–H groups in total. The van der Waals surface area contributed by atoms with Crippen LogP contribution in [0.1, 0.15) is 37.3 Å². The Morgan fingerprint density at radius 2 is 1.72 bits per heavy atom. The summed E-state index contributed by atoms with van der Waals surface area (Å²) < 4.78 is 5.37. The lowest BCUT2D eigenvalue weighted by Crippen LogP contribution is -2.51. The zero-order valence-corrected chi connectivity index (χ0v) is 16.1. The molecule has 0 saturated carbocycles. The van der Waals surface area contributed by atoms with Crippen LogP contribution < -0.4 is 4.74 Å². The van der Waals surface area contributed by atoms with E-state index in [1.54, 1.807) is 13.2 Å². The number of benzene rings is 1. The number of hydrogen-bond acceptors (Lipinski definition) is 3. The minimum Gasteiger partial charge on any atom is -0.496 e. The highest BCUT2D eigenvalue weighted by Gasteiger charge is 2.24. The van der Waals surface area contributed by atoms with E-state index >= 15 is 0 Å². The van der Waals surface area contributed by atoms with Crippen LogP contribution in [0.15, 0.2) is 12.1 Å². The summed E-state index contributed by atoms with van der Waals surface area (Å²) in [6, 6.07) is 3.66. The number of piperazine rings is 1. The molecule has 1 aromatic carbocycles. The van der Waals surface area contributed by atoms with Gasteiger partial charge in [-0.05, 0) is 31.0 Å². The minimum absolute atomic E-state index is 0.0406. The van der Waals surface area contributed by atoms with Crippen molar-refractivity contribution < 1.29 is 14.3 Å². The third-order valence-corrected chi connectivity index (χ3v) is 5.04. The molecule has 1 saturated heterocycles. The van der Waals surface area contributed by atoms with Gasteiger partial charge in [0.1, 0.15) is 5.75 Å². The smallest absolute Gasteiger partial charge is 0.227 e. The van der Waals surface area contributed by atoms with E-state index in [9.17, 15) is 9.59 Å². The average molecular weight is 367 g/mol. The number of aryl methyl sites for hydroxylation is 1. The van der Waals surface area contributed by atoms with E-state index in [1.165, 1.54) is 0 Å². The van der Waals surface area contributed by atoms with Gasteiger partial charge in [0.15, 0.2) is 0 Å². The maximum absolute atomic E-state index is 12.6. The summed E-state index contributed by atoms with van der Waals surface area (Å²) in [6.45, 7) is 6.37. The first-order valence-electron chi connectivity index (χ1n) is 8.84. The minimum atomic E-state index is 0.0406. The predicted molar refractivity (Wildman–Crippen MR) is 99.1 cm³/mol. The summed E-state index contributed by atoms with van der Waals surface area (Å²) >= 11 is 6.18. The monoisotopic (exact) mass is 366 g/mol. The molecule has 0 unspecified atom stereocenters. The van der Waals surface area contributed by atoms with E-state index < -0.39 is 0 Å². The van der Waals surface area contributed by atoms with E-state index in [0.717, 1.165) is 24.0 Å². The van der Waals surface area contributed by atoms with Gasteiger partial charge in [-0.2, -0.15) is 0 Å². The summed E-state index contributed by atoms with van der Waals surface area (Å²) in [5, 5.41) is 0.634. The van der Waals surface area contributed by atoms with Crippen molar-refractivity contribution in [1.82, 2.24) is 9.80 Å². The van der Waals surface area contributed by atoms with Crippen LogP contribution in [0.4, 0.5) is 0 Å². The first kappa shape index (κ1) is 19.6. The van der Waals surface area contributed by atoms with Crippen molar-refractivity contribution in [2.75, 3.05) is 33.3 Å². The number of carbonyl (C=O) groups excluding carboxylic acids is 2. The molecule has 0 atom stereocenters. The molecule has 1 heterocycles. The molecule has 0 spiro atoms. The molecule has 5 nitrogen and oxygen atoms in total. The molecule has 2 amide bonds. The van der Waals surface area contributed by atoms with Crippen LogP contribution in [0.2, 0.25) is 5.02 Å². The molecule has 2 rings (SSSR count). The van der Waals surface area contributed by atoms with E-state index in [-0.39, 0.29) is 18.2 Å². The van der Waals surface area contributed by atoms with Crippen LogP contribution in [0.5, 0.6) is 5.75 Å². The molecule has 0 radical (unpaired) electrons. The van der Waals surface area contributed by atoms with Crippen molar-refractivity contribution in [3.8, 4) is 5.75 Å². The second-order valence-corrected chi connectivity index (χ2v) is 6.86. The Balaban J connectivity index is 1.93. The highest BCUT2D eigenvalue weighted by atomic mass is 35.5. The van der Waals surface area contributed by atoms with Crippen molar-refractivity contribution in [1.29, 1.82) is 0 Å². The highest BCUT2D eigenvalue weighted by Crippen LogP contribution is 2.27. The van der Waals surface area contributed by atoms with Gasteiger partial charge in [-0.1, -0.05) is 24.9 Å². The van der Waals surface area contributed by atoms with Gasteiger partial charge in [-0.25, -0.2) is 0 Å². The zero-order valence-electron chi connectivity index (χ0n) is 15.3. The van der Waals surface area contributed by atoms with Crippen molar-refractivity contribution in [2.24, 2.45) is 0 Å². The van der Waals surface area contributed by atoms with Gasteiger partial charge in [0.05, 0.1) is 13.5 Å². The lowest BCUT2D eigenvalue weighted by Gasteiger charge is -2.35. The van der Waals surface area contributed by atoms with Gasteiger partial charge in [0, 0.05) is 43.2 Å². The molecule has 1 fully saturated rings. The number of nitrogens with zero attached hydrogens (tertiary/aromatic N) is 2. The van der Waals surface area contributed by atoms with Crippen molar-refractivity contribution in [2.45, 2.75) is 39.5 Å². The van der Waals surface area contributed by atoms with E-state index in [4.69, 9.17) is 16.3 Å². The maximum atomic E-state index is 12.6. The van der Waals surface area contributed by atoms with Gasteiger partial charge in [-0.15, -0.1) is 0 Å². The Hall–Kier alpha value is -1.75. The molecule has 0 aromatic heterocycles. The van der Waals surface area contributed by atoms with Crippen LogP contribution in [0, 0.1) is 6.92 Å². The fourth-order valence-electron chi connectivity index (χ4n) is 2.99. The number of amides is 2. The van der Waals surface area contributed by atoms with Crippen molar-refractivity contribution >= 4 is 23.4 Å².